The molecule has 2 aliphatic carbocycles. The van der Waals surface area contributed by atoms with Crippen molar-refractivity contribution in [2.75, 3.05) is 4.90 Å². The van der Waals surface area contributed by atoms with E-state index in [4.69, 9.17) is 0 Å². The second-order valence-electron chi connectivity index (χ2n) is 5.51. The molecule has 96 valence electrons. The van der Waals surface area contributed by atoms with Crippen molar-refractivity contribution < 1.29 is 9.59 Å². The Balaban J connectivity index is 1.77. The van der Waals surface area contributed by atoms with E-state index in [1.54, 1.807) is 12.3 Å². The molecule has 2 fully saturated rings. The third kappa shape index (κ3) is 1.30. The summed E-state index contributed by atoms with van der Waals surface area (Å²) in [6, 6.07) is 1.75. The number of imide groups is 1. The number of aromatic nitrogens is 2. The van der Waals surface area contributed by atoms with Gasteiger partial charge in [0.2, 0.25) is 17.8 Å². The lowest BCUT2D eigenvalue weighted by Gasteiger charge is -2.15. The van der Waals surface area contributed by atoms with Crippen LogP contribution in [0.3, 0.4) is 0 Å². The molecular formula is C14H13N3O2. The minimum Gasteiger partial charge on any atom is -0.274 e. The molecule has 1 saturated carbocycles. The third-order valence-electron chi connectivity index (χ3n) is 4.45. The van der Waals surface area contributed by atoms with Crippen molar-refractivity contribution >= 4 is 17.8 Å². The number of hydrogen-bond donors (Lipinski definition) is 0. The maximum Gasteiger partial charge on any atom is 0.240 e. The Kier molecular flexibility index (Phi) is 2.00. The van der Waals surface area contributed by atoms with Crippen LogP contribution >= 0.6 is 0 Å². The van der Waals surface area contributed by atoms with Crippen LogP contribution in [0.25, 0.3) is 0 Å². The molecule has 1 aromatic rings. The summed E-state index contributed by atoms with van der Waals surface area (Å²) in [5, 5.41) is 0. The fraction of sp³-hybridized carbons (Fsp3) is 0.429. The van der Waals surface area contributed by atoms with E-state index in [1.165, 1.54) is 4.90 Å². The van der Waals surface area contributed by atoms with Gasteiger partial charge in [0.25, 0.3) is 0 Å². The lowest BCUT2D eigenvalue weighted by Crippen LogP contribution is -2.34. The van der Waals surface area contributed by atoms with Crippen molar-refractivity contribution in [3.63, 3.8) is 0 Å². The maximum absolute atomic E-state index is 12.5. The standard InChI is InChI=1S/C14H13N3O2/c1-7-4-5-15-14(16-7)17-12(18)10-8-2-3-9(6-8)11(10)13(17)19/h2-5,8-11H,6H2,1H3. The number of carbonyl (C=O) groups is 2. The van der Waals surface area contributed by atoms with Crippen molar-refractivity contribution in [3.05, 3.63) is 30.1 Å². The van der Waals surface area contributed by atoms with E-state index in [1.807, 2.05) is 6.92 Å². The highest BCUT2D eigenvalue weighted by atomic mass is 16.2. The number of amides is 2. The normalized spacial score (nSPS) is 35.3. The zero-order valence-corrected chi connectivity index (χ0v) is 10.5. The molecule has 4 rings (SSSR count). The van der Waals surface area contributed by atoms with Crippen LogP contribution in [0.4, 0.5) is 5.95 Å². The van der Waals surface area contributed by atoms with Gasteiger partial charge in [-0.25, -0.2) is 14.9 Å². The number of nitrogens with zero attached hydrogens (tertiary/aromatic N) is 3. The Morgan fingerprint density at radius 1 is 1.16 bits per heavy atom. The number of aryl methyl sites for hydroxylation is 1. The first-order valence-corrected chi connectivity index (χ1v) is 6.52. The van der Waals surface area contributed by atoms with Gasteiger partial charge in [-0.1, -0.05) is 12.2 Å². The average Bonchev–Trinajstić information content (AvgIpc) is 3.04. The van der Waals surface area contributed by atoms with Crippen LogP contribution in [-0.2, 0) is 9.59 Å². The summed E-state index contributed by atoms with van der Waals surface area (Å²) in [6.45, 7) is 1.82. The van der Waals surface area contributed by atoms with Gasteiger partial charge >= 0.3 is 0 Å². The summed E-state index contributed by atoms with van der Waals surface area (Å²) in [6.07, 6.45) is 6.68. The van der Waals surface area contributed by atoms with Crippen molar-refractivity contribution in [2.24, 2.45) is 23.7 Å². The zero-order valence-electron chi connectivity index (χ0n) is 10.5. The van der Waals surface area contributed by atoms with Gasteiger partial charge in [0.15, 0.2) is 0 Å². The molecule has 4 unspecified atom stereocenters. The number of carbonyl (C=O) groups excluding carboxylic acids is 2. The van der Waals surface area contributed by atoms with Crippen LogP contribution in [0.5, 0.6) is 0 Å². The molecule has 4 atom stereocenters. The second kappa shape index (κ2) is 3.50. The predicted octanol–water partition coefficient (Wildman–Crippen LogP) is 1.10. The molecule has 19 heavy (non-hydrogen) atoms. The Morgan fingerprint density at radius 2 is 1.79 bits per heavy atom. The fourth-order valence-corrected chi connectivity index (χ4v) is 3.64. The summed E-state index contributed by atoms with van der Waals surface area (Å²) in [5.74, 6) is 0.0412. The summed E-state index contributed by atoms with van der Waals surface area (Å²) in [7, 11) is 0. The molecule has 2 amide bonds. The summed E-state index contributed by atoms with van der Waals surface area (Å²) < 4.78 is 0. The van der Waals surface area contributed by atoms with Gasteiger partial charge in [0.05, 0.1) is 11.8 Å². The first-order chi connectivity index (χ1) is 9.16. The van der Waals surface area contributed by atoms with Crippen LogP contribution in [0.2, 0.25) is 0 Å². The molecule has 0 spiro atoms. The molecule has 2 heterocycles. The van der Waals surface area contributed by atoms with E-state index in [2.05, 4.69) is 22.1 Å². The highest BCUT2D eigenvalue weighted by Crippen LogP contribution is 2.52. The van der Waals surface area contributed by atoms with Gasteiger partial charge < -0.3 is 0 Å². The van der Waals surface area contributed by atoms with E-state index < -0.39 is 0 Å². The summed E-state index contributed by atoms with van der Waals surface area (Å²) >= 11 is 0. The van der Waals surface area contributed by atoms with Gasteiger partial charge in [0.1, 0.15) is 0 Å². The Morgan fingerprint density at radius 3 is 2.37 bits per heavy atom. The highest BCUT2D eigenvalue weighted by molar-refractivity contribution is 6.21. The van der Waals surface area contributed by atoms with Crippen LogP contribution < -0.4 is 4.90 Å². The quantitative estimate of drug-likeness (QED) is 0.557. The van der Waals surface area contributed by atoms with Gasteiger partial charge in [-0.3, -0.25) is 9.59 Å². The van der Waals surface area contributed by atoms with Gasteiger partial charge in [-0.05, 0) is 31.2 Å². The number of allylic oxidation sites excluding steroid dienone is 2. The number of anilines is 1. The summed E-state index contributed by atoms with van der Waals surface area (Å²) in [5.41, 5.74) is 0.753. The Hall–Kier alpha value is -2.04. The minimum atomic E-state index is -0.188. The Bertz CT molecular complexity index is 595. The Labute approximate surface area is 110 Å². The van der Waals surface area contributed by atoms with Crippen LogP contribution in [-0.4, -0.2) is 21.8 Å². The van der Waals surface area contributed by atoms with E-state index in [0.29, 0.717) is 0 Å². The number of hydrogen-bond acceptors (Lipinski definition) is 4. The van der Waals surface area contributed by atoms with Gasteiger partial charge in [-0.2, -0.15) is 0 Å². The first kappa shape index (κ1) is 10.8. The van der Waals surface area contributed by atoms with Gasteiger partial charge in [-0.15, -0.1) is 0 Å². The lowest BCUT2D eigenvalue weighted by molar-refractivity contribution is -0.123. The zero-order chi connectivity index (χ0) is 13.1. The summed E-state index contributed by atoms with van der Waals surface area (Å²) in [4.78, 5) is 34.4. The monoisotopic (exact) mass is 255 g/mol. The molecule has 1 saturated heterocycles. The van der Waals surface area contributed by atoms with E-state index >= 15 is 0 Å². The molecular weight excluding hydrogens is 242 g/mol. The SMILES string of the molecule is Cc1ccnc(N2C(=O)C3C4C=CC(C4)C3C2=O)n1. The smallest absolute Gasteiger partial charge is 0.240 e. The number of rotatable bonds is 1. The average molecular weight is 255 g/mol. The van der Waals surface area contributed by atoms with Gasteiger partial charge in [0, 0.05) is 11.9 Å². The third-order valence-corrected chi connectivity index (χ3v) is 4.45. The molecule has 1 aliphatic heterocycles. The molecule has 2 bridgehead atoms. The second-order valence-corrected chi connectivity index (χ2v) is 5.51. The molecule has 1 aromatic heterocycles. The molecule has 0 aromatic carbocycles. The van der Waals surface area contributed by atoms with Crippen LogP contribution in [0, 0.1) is 30.6 Å². The van der Waals surface area contributed by atoms with Crippen LogP contribution in [0.15, 0.2) is 24.4 Å². The van der Waals surface area contributed by atoms with E-state index in [0.717, 1.165) is 12.1 Å². The topological polar surface area (TPSA) is 63.2 Å². The molecule has 5 heteroatoms. The first-order valence-electron chi connectivity index (χ1n) is 6.52. The minimum absolute atomic E-state index is 0.127. The predicted molar refractivity (Wildman–Crippen MR) is 67.0 cm³/mol. The van der Waals surface area contributed by atoms with E-state index in [9.17, 15) is 9.59 Å². The number of fused-ring (bicyclic) bond motifs is 5. The molecule has 0 N–H and O–H groups in total. The molecule has 3 aliphatic rings. The van der Waals surface area contributed by atoms with Crippen molar-refractivity contribution in [1.29, 1.82) is 0 Å². The van der Waals surface area contributed by atoms with E-state index in [-0.39, 0.29) is 41.4 Å². The largest absolute Gasteiger partial charge is 0.274 e. The maximum atomic E-state index is 12.5. The fourth-order valence-electron chi connectivity index (χ4n) is 3.64. The molecule has 5 nitrogen and oxygen atoms in total. The lowest BCUT2D eigenvalue weighted by atomic mass is 9.85. The highest BCUT2D eigenvalue weighted by Gasteiger charge is 2.60. The van der Waals surface area contributed by atoms with Crippen molar-refractivity contribution in [3.8, 4) is 0 Å². The van der Waals surface area contributed by atoms with Crippen LogP contribution in [0.1, 0.15) is 12.1 Å². The molecule has 0 radical (unpaired) electrons. The van der Waals surface area contributed by atoms with Crippen molar-refractivity contribution in [2.45, 2.75) is 13.3 Å². The van der Waals surface area contributed by atoms with Crippen molar-refractivity contribution in [1.82, 2.24) is 9.97 Å².